The van der Waals surface area contributed by atoms with E-state index >= 15 is 0 Å². The van der Waals surface area contributed by atoms with Crippen molar-refractivity contribution in [3.8, 4) is 11.1 Å². The lowest BCUT2D eigenvalue weighted by Gasteiger charge is -2.26. The van der Waals surface area contributed by atoms with E-state index in [0.29, 0.717) is 12.3 Å². The highest BCUT2D eigenvalue weighted by Gasteiger charge is 2.30. The van der Waals surface area contributed by atoms with E-state index in [1.54, 1.807) is 11.8 Å². The maximum absolute atomic E-state index is 12.8. The number of nitrogens with zero attached hydrogens (tertiary/aromatic N) is 1. The first-order chi connectivity index (χ1) is 16.3. The number of fused-ring (bicyclic) bond motifs is 3. The van der Waals surface area contributed by atoms with E-state index in [1.165, 1.54) is 4.90 Å². The van der Waals surface area contributed by atoms with Crippen LogP contribution in [0.2, 0.25) is 0 Å². The van der Waals surface area contributed by atoms with Gasteiger partial charge in [0.2, 0.25) is 5.91 Å². The van der Waals surface area contributed by atoms with Crippen molar-refractivity contribution in [2.75, 3.05) is 31.7 Å². The molecule has 1 unspecified atom stereocenters. The minimum atomic E-state index is -1.06. The maximum Gasteiger partial charge on any atom is 0.407 e. The molecule has 0 aromatic heterocycles. The number of carbonyl (C=O) groups is 3. The Hall–Kier alpha value is -3.00. The summed E-state index contributed by atoms with van der Waals surface area (Å²) in [6, 6.07) is 15.8. The molecular weight excluding hydrogens is 452 g/mol. The van der Waals surface area contributed by atoms with E-state index < -0.39 is 18.1 Å². The van der Waals surface area contributed by atoms with Crippen LogP contribution in [0.1, 0.15) is 37.3 Å². The summed E-state index contributed by atoms with van der Waals surface area (Å²) in [6.45, 7) is 4.00. The number of hydrogen-bond donors (Lipinski definition) is 2. The largest absolute Gasteiger partial charge is 0.480 e. The predicted molar refractivity (Wildman–Crippen MR) is 134 cm³/mol. The molecule has 0 heterocycles. The molecule has 2 aromatic carbocycles. The highest BCUT2D eigenvalue weighted by atomic mass is 32.2. The molecule has 0 fully saturated rings. The van der Waals surface area contributed by atoms with E-state index in [1.807, 2.05) is 44.4 Å². The lowest BCUT2D eigenvalue weighted by atomic mass is 9.98. The zero-order valence-corrected chi connectivity index (χ0v) is 20.6. The van der Waals surface area contributed by atoms with Crippen LogP contribution in [-0.2, 0) is 14.3 Å². The number of carboxylic acid groups (broad SMARTS) is 1. The number of ether oxygens (including phenoxy) is 1. The van der Waals surface area contributed by atoms with Crippen LogP contribution in [0, 0.1) is 5.92 Å². The molecular formula is C26H32N2O5S. The van der Waals surface area contributed by atoms with E-state index in [9.17, 15) is 14.4 Å². The Balaban J connectivity index is 1.62. The van der Waals surface area contributed by atoms with Crippen LogP contribution in [-0.4, -0.2) is 65.7 Å². The van der Waals surface area contributed by atoms with Crippen molar-refractivity contribution in [1.29, 1.82) is 0 Å². The number of thioether (sulfide) groups is 1. The minimum Gasteiger partial charge on any atom is -0.480 e. The van der Waals surface area contributed by atoms with Crippen molar-refractivity contribution in [3.05, 3.63) is 59.7 Å². The Morgan fingerprint density at radius 3 is 2.18 bits per heavy atom. The summed E-state index contributed by atoms with van der Waals surface area (Å²) >= 11 is 1.54. The van der Waals surface area contributed by atoms with Crippen LogP contribution < -0.4 is 5.32 Å². The van der Waals surface area contributed by atoms with E-state index in [2.05, 4.69) is 29.6 Å². The van der Waals surface area contributed by atoms with Crippen molar-refractivity contribution >= 4 is 29.7 Å². The van der Waals surface area contributed by atoms with Crippen molar-refractivity contribution < 1.29 is 24.2 Å². The molecule has 3 rings (SSSR count). The first kappa shape index (κ1) is 25.6. The van der Waals surface area contributed by atoms with Gasteiger partial charge in [0.15, 0.2) is 0 Å². The summed E-state index contributed by atoms with van der Waals surface area (Å²) in [5.74, 6) is -0.786. The van der Waals surface area contributed by atoms with Gasteiger partial charge >= 0.3 is 12.1 Å². The van der Waals surface area contributed by atoms with Crippen LogP contribution in [0.5, 0.6) is 0 Å². The number of alkyl carbamates (subject to hydrolysis) is 1. The van der Waals surface area contributed by atoms with Gasteiger partial charge in [0, 0.05) is 30.7 Å². The quantitative estimate of drug-likeness (QED) is 0.496. The number of carbonyl (C=O) groups excluding carboxylic acids is 2. The molecule has 2 aromatic rings. The molecule has 0 saturated carbocycles. The fraction of sp³-hybridized carbons (Fsp3) is 0.423. The zero-order valence-electron chi connectivity index (χ0n) is 19.8. The number of rotatable bonds is 11. The minimum absolute atomic E-state index is 0.0174. The SMILES string of the molecule is CSCCN(CC(=O)O)C(=O)CC(NC(=O)OCC1c2ccccc2-c2ccccc21)C(C)C. The molecule has 1 aliphatic carbocycles. The van der Waals surface area contributed by atoms with Gasteiger partial charge in [0.05, 0.1) is 0 Å². The van der Waals surface area contributed by atoms with Crippen molar-refractivity contribution in [2.24, 2.45) is 5.92 Å². The highest BCUT2D eigenvalue weighted by Crippen LogP contribution is 2.44. The summed E-state index contributed by atoms with van der Waals surface area (Å²) in [7, 11) is 0. The Labute approximate surface area is 204 Å². The molecule has 0 saturated heterocycles. The molecule has 1 atom stereocenters. The van der Waals surface area contributed by atoms with Crippen LogP contribution >= 0.6 is 11.8 Å². The van der Waals surface area contributed by atoms with Crippen molar-refractivity contribution in [1.82, 2.24) is 10.2 Å². The van der Waals surface area contributed by atoms with Crippen LogP contribution in [0.3, 0.4) is 0 Å². The predicted octanol–water partition coefficient (Wildman–Crippen LogP) is 4.22. The number of carboxylic acids is 1. The fourth-order valence-electron chi connectivity index (χ4n) is 4.22. The highest BCUT2D eigenvalue weighted by molar-refractivity contribution is 7.98. The van der Waals surface area contributed by atoms with E-state index in [4.69, 9.17) is 9.84 Å². The summed E-state index contributed by atoms with van der Waals surface area (Å²) in [5.41, 5.74) is 4.57. The number of amides is 2. The zero-order chi connectivity index (χ0) is 24.7. The topological polar surface area (TPSA) is 95.9 Å². The van der Waals surface area contributed by atoms with Gasteiger partial charge in [-0.15, -0.1) is 0 Å². The summed E-state index contributed by atoms with van der Waals surface area (Å²) in [5, 5.41) is 12.0. The molecule has 0 bridgehead atoms. The molecule has 2 amide bonds. The average molecular weight is 485 g/mol. The summed E-state index contributed by atoms with van der Waals surface area (Å²) in [6.07, 6.45) is 1.34. The molecule has 0 radical (unpaired) electrons. The third-order valence-corrected chi connectivity index (χ3v) is 6.68. The maximum atomic E-state index is 12.8. The average Bonchev–Trinajstić information content (AvgIpc) is 3.13. The Morgan fingerprint density at radius 2 is 1.65 bits per heavy atom. The molecule has 8 heteroatoms. The molecule has 0 aliphatic heterocycles. The molecule has 34 heavy (non-hydrogen) atoms. The van der Waals surface area contributed by atoms with Crippen LogP contribution in [0.4, 0.5) is 4.79 Å². The van der Waals surface area contributed by atoms with Crippen molar-refractivity contribution in [3.63, 3.8) is 0 Å². The third kappa shape index (κ3) is 6.32. The molecule has 2 N–H and O–H groups in total. The first-order valence-corrected chi connectivity index (χ1v) is 12.8. The number of benzene rings is 2. The Kier molecular flexibility index (Phi) is 8.98. The lowest BCUT2D eigenvalue weighted by Crippen LogP contribution is -2.45. The number of aliphatic carboxylic acids is 1. The van der Waals surface area contributed by atoms with Gasteiger partial charge in [0.25, 0.3) is 0 Å². The van der Waals surface area contributed by atoms with Gasteiger partial charge in [0.1, 0.15) is 13.2 Å². The normalized spacial score (nSPS) is 13.2. The Morgan fingerprint density at radius 1 is 1.06 bits per heavy atom. The van der Waals surface area contributed by atoms with Crippen LogP contribution in [0.25, 0.3) is 11.1 Å². The summed E-state index contributed by atoms with van der Waals surface area (Å²) < 4.78 is 5.62. The second-order valence-electron chi connectivity index (χ2n) is 8.73. The first-order valence-electron chi connectivity index (χ1n) is 11.4. The summed E-state index contributed by atoms with van der Waals surface area (Å²) in [4.78, 5) is 38.0. The molecule has 7 nitrogen and oxygen atoms in total. The van der Waals surface area contributed by atoms with Gasteiger partial charge < -0.3 is 20.1 Å². The van der Waals surface area contributed by atoms with Crippen LogP contribution in [0.15, 0.2) is 48.5 Å². The second-order valence-corrected chi connectivity index (χ2v) is 9.71. The van der Waals surface area contributed by atoms with E-state index in [-0.39, 0.29) is 37.3 Å². The molecule has 0 spiro atoms. The Bertz CT molecular complexity index is 980. The van der Waals surface area contributed by atoms with Gasteiger partial charge in [-0.1, -0.05) is 62.4 Å². The third-order valence-electron chi connectivity index (χ3n) is 6.09. The second kappa shape index (κ2) is 11.9. The smallest absolute Gasteiger partial charge is 0.407 e. The van der Waals surface area contributed by atoms with E-state index in [0.717, 1.165) is 22.3 Å². The molecule has 182 valence electrons. The van der Waals surface area contributed by atoms with Gasteiger partial charge in [-0.3, -0.25) is 9.59 Å². The molecule has 1 aliphatic rings. The standard InChI is InChI=1S/C26H32N2O5S/c1-17(2)23(14-24(29)28(12-13-34-3)15-25(30)31)27-26(32)33-16-22-20-10-6-4-8-18(20)19-9-5-7-11-21(19)22/h4-11,17,22-23H,12-16H2,1-3H3,(H,27,32)(H,30,31). The van der Waals surface area contributed by atoms with Crippen molar-refractivity contribution in [2.45, 2.75) is 32.2 Å². The lowest BCUT2D eigenvalue weighted by molar-refractivity contribution is -0.144. The fourth-order valence-corrected chi connectivity index (χ4v) is 4.62. The van der Waals surface area contributed by atoms with Gasteiger partial charge in [-0.2, -0.15) is 11.8 Å². The number of hydrogen-bond acceptors (Lipinski definition) is 5. The van der Waals surface area contributed by atoms with Gasteiger partial charge in [-0.05, 0) is 34.4 Å². The van der Waals surface area contributed by atoms with Gasteiger partial charge in [-0.25, -0.2) is 4.79 Å². The monoisotopic (exact) mass is 484 g/mol. The number of nitrogens with one attached hydrogen (secondary N) is 1.